The molecule has 1 N–H and O–H groups in total. The van der Waals surface area contributed by atoms with Gasteiger partial charge in [0.2, 0.25) is 10.0 Å². The molecule has 1 fully saturated rings. The van der Waals surface area contributed by atoms with Crippen molar-refractivity contribution in [2.75, 3.05) is 16.6 Å². The third kappa shape index (κ3) is 3.53. The molecule has 1 aliphatic rings. The number of nitrogens with zero attached hydrogens (tertiary/aromatic N) is 2. The predicted molar refractivity (Wildman–Crippen MR) is 90.2 cm³/mol. The van der Waals surface area contributed by atoms with Crippen LogP contribution in [-0.2, 0) is 16.6 Å². The third-order valence-electron chi connectivity index (χ3n) is 3.58. The van der Waals surface area contributed by atoms with Crippen molar-refractivity contribution in [2.45, 2.75) is 19.9 Å². The molecule has 0 spiro atoms. The zero-order valence-corrected chi connectivity index (χ0v) is 14.3. The zero-order valence-electron chi connectivity index (χ0n) is 12.7. The van der Waals surface area contributed by atoms with Crippen molar-refractivity contribution < 1.29 is 13.2 Å². The van der Waals surface area contributed by atoms with Gasteiger partial charge in [-0.05, 0) is 37.6 Å². The summed E-state index contributed by atoms with van der Waals surface area (Å²) in [5.41, 5.74) is 2.05. The number of aromatic nitrogens is 1. The minimum Gasteiger partial charge on any atom is -0.346 e. The molecule has 0 radical (unpaired) electrons. The van der Waals surface area contributed by atoms with Crippen molar-refractivity contribution in [2.24, 2.45) is 0 Å². The maximum Gasteiger partial charge on any atom is 0.251 e. The Kier molecular flexibility index (Phi) is 4.36. The number of rotatable bonds is 4. The van der Waals surface area contributed by atoms with Gasteiger partial charge in [-0.3, -0.25) is 9.10 Å². The molecule has 0 unspecified atom stereocenters. The van der Waals surface area contributed by atoms with E-state index < -0.39 is 10.0 Å². The van der Waals surface area contributed by atoms with Gasteiger partial charge in [-0.15, -0.1) is 11.3 Å². The van der Waals surface area contributed by atoms with Gasteiger partial charge in [0.05, 0.1) is 18.0 Å². The number of benzene rings is 1. The lowest BCUT2D eigenvalue weighted by atomic mass is 10.2. The van der Waals surface area contributed by atoms with Crippen molar-refractivity contribution in [1.29, 1.82) is 0 Å². The van der Waals surface area contributed by atoms with Crippen LogP contribution in [0.3, 0.4) is 0 Å². The number of carbonyl (C=O) groups excluding carboxylic acids is 1. The summed E-state index contributed by atoms with van der Waals surface area (Å²) in [5.74, 6) is -0.0173. The number of sulfonamides is 1. The highest BCUT2D eigenvalue weighted by molar-refractivity contribution is 7.93. The summed E-state index contributed by atoms with van der Waals surface area (Å²) in [6.45, 7) is 2.80. The van der Waals surface area contributed by atoms with Gasteiger partial charge in [0, 0.05) is 23.2 Å². The largest absolute Gasteiger partial charge is 0.346 e. The Balaban J connectivity index is 1.66. The molecule has 0 aliphatic carbocycles. The monoisotopic (exact) mass is 351 g/mol. The van der Waals surface area contributed by atoms with Gasteiger partial charge >= 0.3 is 0 Å². The molecular formula is C15H17N3O3S2. The number of amides is 1. The van der Waals surface area contributed by atoms with E-state index in [1.165, 1.54) is 15.6 Å². The Morgan fingerprint density at radius 2 is 2.09 bits per heavy atom. The molecular weight excluding hydrogens is 334 g/mol. The van der Waals surface area contributed by atoms with E-state index in [1.54, 1.807) is 24.3 Å². The lowest BCUT2D eigenvalue weighted by Crippen LogP contribution is -2.25. The second kappa shape index (κ2) is 6.29. The SMILES string of the molecule is Cc1csc(CNC(=O)c2ccc(N3CCCS3(=O)=O)cc2)n1. The molecule has 3 rings (SSSR count). The lowest BCUT2D eigenvalue weighted by Gasteiger charge is -2.16. The van der Waals surface area contributed by atoms with Crippen LogP contribution in [0.25, 0.3) is 0 Å². The fraction of sp³-hybridized carbons (Fsp3) is 0.333. The molecule has 2 aromatic rings. The van der Waals surface area contributed by atoms with E-state index in [0.717, 1.165) is 10.7 Å². The van der Waals surface area contributed by atoms with Gasteiger partial charge in [-0.25, -0.2) is 13.4 Å². The van der Waals surface area contributed by atoms with Crippen LogP contribution in [0.15, 0.2) is 29.6 Å². The normalized spacial score (nSPS) is 16.5. The quantitative estimate of drug-likeness (QED) is 0.913. The lowest BCUT2D eigenvalue weighted by molar-refractivity contribution is 0.0951. The minimum atomic E-state index is -3.19. The van der Waals surface area contributed by atoms with Gasteiger partial charge in [0.15, 0.2) is 0 Å². The Hall–Kier alpha value is -1.93. The average molecular weight is 351 g/mol. The third-order valence-corrected chi connectivity index (χ3v) is 6.42. The standard InChI is InChI=1S/C15H17N3O3S2/c1-11-10-22-14(17-11)9-16-15(19)12-3-5-13(6-4-12)18-7-2-8-23(18,20)21/h3-6,10H,2,7-9H2,1H3,(H,16,19). The molecule has 1 aromatic heterocycles. The van der Waals surface area contributed by atoms with E-state index in [1.807, 2.05) is 12.3 Å². The second-order valence-electron chi connectivity index (χ2n) is 5.35. The van der Waals surface area contributed by atoms with E-state index in [4.69, 9.17) is 0 Å². The topological polar surface area (TPSA) is 79.4 Å². The van der Waals surface area contributed by atoms with E-state index >= 15 is 0 Å². The first-order valence-corrected chi connectivity index (χ1v) is 9.74. The number of nitrogens with one attached hydrogen (secondary N) is 1. The van der Waals surface area contributed by atoms with Crippen LogP contribution in [0.2, 0.25) is 0 Å². The molecule has 1 saturated heterocycles. The summed E-state index contributed by atoms with van der Waals surface area (Å²) < 4.78 is 25.2. The molecule has 0 saturated carbocycles. The number of hydrogen-bond donors (Lipinski definition) is 1. The number of thiazole rings is 1. The zero-order chi connectivity index (χ0) is 16.4. The van der Waals surface area contributed by atoms with Crippen LogP contribution in [0.1, 0.15) is 27.5 Å². The van der Waals surface area contributed by atoms with Crippen molar-refractivity contribution in [3.63, 3.8) is 0 Å². The summed E-state index contributed by atoms with van der Waals surface area (Å²) >= 11 is 1.51. The first-order valence-electron chi connectivity index (χ1n) is 7.25. The molecule has 0 bridgehead atoms. The Labute approximate surface area is 139 Å². The summed E-state index contributed by atoms with van der Waals surface area (Å²) in [7, 11) is -3.19. The number of anilines is 1. The van der Waals surface area contributed by atoms with Crippen LogP contribution >= 0.6 is 11.3 Å². The number of hydrogen-bond acceptors (Lipinski definition) is 5. The molecule has 1 aromatic carbocycles. The van der Waals surface area contributed by atoms with E-state index in [-0.39, 0.29) is 11.7 Å². The molecule has 1 amide bonds. The summed E-state index contributed by atoms with van der Waals surface area (Å²) in [6, 6.07) is 6.63. The van der Waals surface area contributed by atoms with Crippen LogP contribution in [0, 0.1) is 6.92 Å². The fourth-order valence-corrected chi connectivity index (χ4v) is 4.73. The van der Waals surface area contributed by atoms with E-state index in [0.29, 0.717) is 30.8 Å². The van der Waals surface area contributed by atoms with Gasteiger partial charge in [0.25, 0.3) is 5.91 Å². The Morgan fingerprint density at radius 1 is 1.35 bits per heavy atom. The van der Waals surface area contributed by atoms with Gasteiger partial charge in [-0.1, -0.05) is 0 Å². The molecule has 8 heteroatoms. The second-order valence-corrected chi connectivity index (χ2v) is 8.31. The van der Waals surface area contributed by atoms with Crippen molar-refractivity contribution in [3.8, 4) is 0 Å². The van der Waals surface area contributed by atoms with Crippen LogP contribution in [-0.4, -0.2) is 31.6 Å². The molecule has 6 nitrogen and oxygen atoms in total. The van der Waals surface area contributed by atoms with Gasteiger partial charge in [-0.2, -0.15) is 0 Å². The fourth-order valence-electron chi connectivity index (χ4n) is 2.45. The highest BCUT2D eigenvalue weighted by atomic mass is 32.2. The highest BCUT2D eigenvalue weighted by Crippen LogP contribution is 2.24. The summed E-state index contributed by atoms with van der Waals surface area (Å²) in [5, 5.41) is 5.61. The van der Waals surface area contributed by atoms with Gasteiger partial charge < -0.3 is 5.32 Å². The van der Waals surface area contributed by atoms with Crippen LogP contribution in [0.4, 0.5) is 5.69 Å². The van der Waals surface area contributed by atoms with E-state index in [9.17, 15) is 13.2 Å². The summed E-state index contributed by atoms with van der Waals surface area (Å²) in [4.78, 5) is 16.4. The predicted octanol–water partition coefficient (Wildman–Crippen LogP) is 1.92. The molecule has 0 atom stereocenters. The number of aryl methyl sites for hydroxylation is 1. The van der Waals surface area contributed by atoms with Crippen molar-refractivity contribution >= 4 is 33.0 Å². The smallest absolute Gasteiger partial charge is 0.251 e. The highest BCUT2D eigenvalue weighted by Gasteiger charge is 2.28. The number of carbonyl (C=O) groups is 1. The molecule has 23 heavy (non-hydrogen) atoms. The summed E-state index contributed by atoms with van der Waals surface area (Å²) in [6.07, 6.45) is 0.637. The minimum absolute atomic E-state index is 0.183. The maximum atomic E-state index is 12.1. The van der Waals surface area contributed by atoms with Crippen molar-refractivity contribution in [1.82, 2.24) is 10.3 Å². The molecule has 2 heterocycles. The van der Waals surface area contributed by atoms with Crippen LogP contribution in [0.5, 0.6) is 0 Å². The molecule has 122 valence electrons. The Bertz CT molecular complexity index is 813. The van der Waals surface area contributed by atoms with Crippen LogP contribution < -0.4 is 9.62 Å². The Morgan fingerprint density at radius 3 is 2.65 bits per heavy atom. The van der Waals surface area contributed by atoms with Crippen molar-refractivity contribution in [3.05, 3.63) is 45.9 Å². The maximum absolute atomic E-state index is 12.1. The van der Waals surface area contributed by atoms with E-state index in [2.05, 4.69) is 10.3 Å². The molecule has 1 aliphatic heterocycles. The first kappa shape index (κ1) is 15.9. The van der Waals surface area contributed by atoms with Gasteiger partial charge in [0.1, 0.15) is 5.01 Å². The average Bonchev–Trinajstić information content (AvgIpc) is 3.10. The first-order chi connectivity index (χ1) is 11.0.